The first kappa shape index (κ1) is 20.1. The number of nitrogens with one attached hydrogen (secondary N) is 1. The standard InChI is InChI=1S/C22H23N3O2S2/c26-21(24-22-23-19(16-29-22)14-25-10-12-27-13-11-25)18-8-6-17(7-9-18)15-28-20-4-2-1-3-5-20/h1-9,16H,10-15H2,(H,23,24,26). The molecule has 1 aliphatic heterocycles. The minimum absolute atomic E-state index is 0.125. The molecule has 0 atom stereocenters. The molecule has 1 N–H and O–H groups in total. The number of carbonyl (C=O) groups is 1. The number of hydrogen-bond donors (Lipinski definition) is 1. The summed E-state index contributed by atoms with van der Waals surface area (Å²) in [4.78, 5) is 20.6. The van der Waals surface area contributed by atoms with Gasteiger partial charge in [0.05, 0.1) is 18.9 Å². The largest absolute Gasteiger partial charge is 0.379 e. The summed E-state index contributed by atoms with van der Waals surface area (Å²) < 4.78 is 5.37. The number of thioether (sulfide) groups is 1. The molecule has 150 valence electrons. The Labute approximate surface area is 179 Å². The van der Waals surface area contributed by atoms with E-state index in [-0.39, 0.29) is 5.91 Å². The molecule has 0 aliphatic carbocycles. The summed E-state index contributed by atoms with van der Waals surface area (Å²) in [5, 5.41) is 5.56. The molecule has 1 saturated heterocycles. The predicted molar refractivity (Wildman–Crippen MR) is 119 cm³/mol. The summed E-state index contributed by atoms with van der Waals surface area (Å²) in [7, 11) is 0. The summed E-state index contributed by atoms with van der Waals surface area (Å²) in [5.41, 5.74) is 2.82. The van der Waals surface area contributed by atoms with Crippen LogP contribution in [-0.4, -0.2) is 42.1 Å². The third kappa shape index (κ3) is 5.90. The first-order chi connectivity index (χ1) is 14.3. The lowest BCUT2D eigenvalue weighted by molar-refractivity contribution is 0.0337. The highest BCUT2D eigenvalue weighted by atomic mass is 32.2. The van der Waals surface area contributed by atoms with E-state index in [1.54, 1.807) is 11.8 Å². The zero-order valence-corrected chi connectivity index (χ0v) is 17.7. The molecule has 4 rings (SSSR count). The van der Waals surface area contributed by atoms with Crippen LogP contribution in [0.15, 0.2) is 64.9 Å². The predicted octanol–water partition coefficient (Wildman–Crippen LogP) is 4.52. The van der Waals surface area contributed by atoms with Gasteiger partial charge in [-0.3, -0.25) is 15.0 Å². The van der Waals surface area contributed by atoms with Crippen LogP contribution in [0.3, 0.4) is 0 Å². The van der Waals surface area contributed by atoms with E-state index in [1.807, 2.05) is 47.8 Å². The fourth-order valence-corrected chi connectivity index (χ4v) is 4.60. The quantitative estimate of drug-likeness (QED) is 0.564. The van der Waals surface area contributed by atoms with E-state index in [9.17, 15) is 4.79 Å². The topological polar surface area (TPSA) is 54.5 Å². The Morgan fingerprint density at radius 1 is 1.10 bits per heavy atom. The number of ether oxygens (including phenoxy) is 1. The van der Waals surface area contributed by atoms with Crippen molar-refractivity contribution in [2.45, 2.75) is 17.2 Å². The Hall–Kier alpha value is -2.19. The molecule has 29 heavy (non-hydrogen) atoms. The fraction of sp³-hybridized carbons (Fsp3) is 0.273. The summed E-state index contributed by atoms with van der Waals surface area (Å²) in [5.74, 6) is 0.753. The van der Waals surface area contributed by atoms with Crippen molar-refractivity contribution in [1.82, 2.24) is 9.88 Å². The van der Waals surface area contributed by atoms with Gasteiger partial charge in [-0.2, -0.15) is 0 Å². The van der Waals surface area contributed by atoms with Crippen LogP contribution in [-0.2, 0) is 17.0 Å². The molecule has 0 radical (unpaired) electrons. The Morgan fingerprint density at radius 3 is 2.62 bits per heavy atom. The Bertz CT molecular complexity index is 923. The van der Waals surface area contributed by atoms with Crippen LogP contribution in [0.1, 0.15) is 21.6 Å². The van der Waals surface area contributed by atoms with Gasteiger partial charge in [0.2, 0.25) is 0 Å². The average molecular weight is 426 g/mol. The number of hydrogen-bond acceptors (Lipinski definition) is 6. The second-order valence-electron chi connectivity index (χ2n) is 6.79. The van der Waals surface area contributed by atoms with E-state index in [4.69, 9.17) is 4.74 Å². The highest BCUT2D eigenvalue weighted by Crippen LogP contribution is 2.23. The maximum absolute atomic E-state index is 12.5. The molecule has 2 aromatic carbocycles. The Kier molecular flexibility index (Phi) is 6.95. The minimum atomic E-state index is -0.125. The molecule has 1 amide bonds. The van der Waals surface area contributed by atoms with Crippen LogP contribution in [0.25, 0.3) is 0 Å². The monoisotopic (exact) mass is 425 g/mol. The Morgan fingerprint density at radius 2 is 1.86 bits per heavy atom. The van der Waals surface area contributed by atoms with E-state index in [0.717, 1.165) is 44.3 Å². The SMILES string of the molecule is O=C(Nc1nc(CN2CCOCC2)cs1)c1ccc(CSc2ccccc2)cc1. The molecule has 2 heterocycles. The number of benzene rings is 2. The van der Waals surface area contributed by atoms with Crippen molar-refractivity contribution in [3.05, 3.63) is 76.8 Å². The highest BCUT2D eigenvalue weighted by molar-refractivity contribution is 7.98. The number of morpholine rings is 1. The molecule has 5 nitrogen and oxygen atoms in total. The maximum atomic E-state index is 12.5. The fourth-order valence-electron chi connectivity index (χ4n) is 3.03. The molecular formula is C22H23N3O2S2. The van der Waals surface area contributed by atoms with E-state index in [1.165, 1.54) is 21.8 Å². The minimum Gasteiger partial charge on any atom is -0.379 e. The molecule has 0 spiro atoms. The lowest BCUT2D eigenvalue weighted by Gasteiger charge is -2.25. The first-order valence-corrected chi connectivity index (χ1v) is 11.5. The maximum Gasteiger partial charge on any atom is 0.257 e. The van der Waals surface area contributed by atoms with Gasteiger partial charge in [-0.1, -0.05) is 30.3 Å². The number of thiazole rings is 1. The van der Waals surface area contributed by atoms with Crippen molar-refractivity contribution in [1.29, 1.82) is 0 Å². The molecule has 0 saturated carbocycles. The van der Waals surface area contributed by atoms with Crippen molar-refractivity contribution in [3.8, 4) is 0 Å². The van der Waals surface area contributed by atoms with Crippen molar-refractivity contribution < 1.29 is 9.53 Å². The molecule has 1 aromatic heterocycles. The van der Waals surface area contributed by atoms with E-state index >= 15 is 0 Å². The van der Waals surface area contributed by atoms with Crippen LogP contribution in [0.2, 0.25) is 0 Å². The molecule has 1 fully saturated rings. The van der Waals surface area contributed by atoms with Gasteiger partial charge in [0.1, 0.15) is 0 Å². The van der Waals surface area contributed by atoms with Crippen LogP contribution in [0.5, 0.6) is 0 Å². The zero-order chi connectivity index (χ0) is 19.9. The van der Waals surface area contributed by atoms with E-state index in [2.05, 4.69) is 27.3 Å². The number of rotatable bonds is 7. The lowest BCUT2D eigenvalue weighted by Crippen LogP contribution is -2.35. The average Bonchev–Trinajstić information content (AvgIpc) is 3.20. The van der Waals surface area contributed by atoms with Crippen LogP contribution < -0.4 is 5.32 Å². The molecular weight excluding hydrogens is 402 g/mol. The molecule has 7 heteroatoms. The van der Waals surface area contributed by atoms with E-state index < -0.39 is 0 Å². The van der Waals surface area contributed by atoms with Gasteiger partial charge in [0.25, 0.3) is 5.91 Å². The molecule has 0 unspecified atom stereocenters. The van der Waals surface area contributed by atoms with E-state index in [0.29, 0.717) is 10.7 Å². The summed E-state index contributed by atoms with van der Waals surface area (Å²) in [6.45, 7) is 4.19. The summed E-state index contributed by atoms with van der Waals surface area (Å²) >= 11 is 3.25. The number of anilines is 1. The van der Waals surface area contributed by atoms with Gasteiger partial charge in [-0.05, 0) is 29.8 Å². The van der Waals surface area contributed by atoms with Gasteiger partial charge in [-0.25, -0.2) is 4.98 Å². The summed E-state index contributed by atoms with van der Waals surface area (Å²) in [6, 6.07) is 18.1. The normalized spacial score (nSPS) is 14.6. The molecule has 3 aromatic rings. The van der Waals surface area contributed by atoms with Crippen molar-refractivity contribution in [2.24, 2.45) is 0 Å². The second-order valence-corrected chi connectivity index (χ2v) is 8.69. The lowest BCUT2D eigenvalue weighted by atomic mass is 10.1. The first-order valence-electron chi connectivity index (χ1n) is 9.59. The number of carbonyl (C=O) groups excluding carboxylic acids is 1. The third-order valence-corrected chi connectivity index (χ3v) is 6.52. The zero-order valence-electron chi connectivity index (χ0n) is 16.0. The number of nitrogens with zero attached hydrogens (tertiary/aromatic N) is 2. The molecule has 0 bridgehead atoms. The van der Waals surface area contributed by atoms with Crippen molar-refractivity contribution in [2.75, 3.05) is 31.6 Å². The summed E-state index contributed by atoms with van der Waals surface area (Å²) in [6.07, 6.45) is 0. The highest BCUT2D eigenvalue weighted by Gasteiger charge is 2.14. The third-order valence-electron chi connectivity index (χ3n) is 4.63. The van der Waals surface area contributed by atoms with Crippen LogP contribution >= 0.6 is 23.1 Å². The number of amides is 1. The van der Waals surface area contributed by atoms with Gasteiger partial charge in [0, 0.05) is 41.2 Å². The van der Waals surface area contributed by atoms with Crippen molar-refractivity contribution in [3.63, 3.8) is 0 Å². The van der Waals surface area contributed by atoms with Gasteiger partial charge in [0.15, 0.2) is 5.13 Å². The Balaban J connectivity index is 1.29. The van der Waals surface area contributed by atoms with Gasteiger partial charge < -0.3 is 4.74 Å². The number of aromatic nitrogens is 1. The van der Waals surface area contributed by atoms with Crippen molar-refractivity contribution >= 4 is 34.1 Å². The van der Waals surface area contributed by atoms with Crippen LogP contribution in [0.4, 0.5) is 5.13 Å². The van der Waals surface area contributed by atoms with Gasteiger partial charge >= 0.3 is 0 Å². The van der Waals surface area contributed by atoms with Gasteiger partial charge in [-0.15, -0.1) is 23.1 Å². The smallest absolute Gasteiger partial charge is 0.257 e. The molecule has 1 aliphatic rings. The van der Waals surface area contributed by atoms with Crippen LogP contribution in [0, 0.1) is 0 Å². The second kappa shape index (κ2) is 10.0.